The zero-order valence-corrected chi connectivity index (χ0v) is 13.8. The van der Waals surface area contributed by atoms with Crippen LogP contribution in [0.1, 0.15) is 0 Å². The van der Waals surface area contributed by atoms with Crippen LogP contribution in [0.25, 0.3) is 11.1 Å². The van der Waals surface area contributed by atoms with E-state index in [-0.39, 0.29) is 0 Å². The lowest BCUT2D eigenvalue weighted by atomic mass is 10.1. The molecule has 0 spiro atoms. The summed E-state index contributed by atoms with van der Waals surface area (Å²) in [6.07, 6.45) is 0. The van der Waals surface area contributed by atoms with E-state index in [2.05, 4.69) is 15.4 Å². The Hall–Kier alpha value is -3.73. The molecule has 5 nitrogen and oxygen atoms in total. The number of nitrogens with zero attached hydrogens (tertiary/aromatic N) is 3. The lowest BCUT2D eigenvalue weighted by Crippen LogP contribution is -2.00. The van der Waals surface area contributed by atoms with Crippen molar-refractivity contribution in [1.29, 1.82) is 0 Å². The van der Waals surface area contributed by atoms with Crippen molar-refractivity contribution in [1.82, 2.24) is 15.4 Å². The van der Waals surface area contributed by atoms with Crippen molar-refractivity contribution in [3.63, 3.8) is 0 Å². The topological polar surface area (TPSA) is 57.1 Å². The molecule has 5 heteroatoms. The highest BCUT2D eigenvalue weighted by molar-refractivity contribution is 5.73. The fourth-order valence-electron chi connectivity index (χ4n) is 2.49. The van der Waals surface area contributed by atoms with Gasteiger partial charge in [-0.15, -0.1) is 0 Å². The molecule has 0 bridgehead atoms. The van der Waals surface area contributed by atoms with E-state index in [4.69, 9.17) is 9.47 Å². The molecule has 0 amide bonds. The molecule has 0 saturated carbocycles. The first-order valence-corrected chi connectivity index (χ1v) is 8.15. The largest absolute Gasteiger partial charge is 0.437 e. The van der Waals surface area contributed by atoms with E-state index < -0.39 is 0 Å². The molecule has 26 heavy (non-hydrogen) atoms. The minimum atomic E-state index is 0.336. The summed E-state index contributed by atoms with van der Waals surface area (Å²) < 4.78 is 11.9. The molecule has 0 atom stereocenters. The van der Waals surface area contributed by atoms with Gasteiger partial charge in [-0.2, -0.15) is 0 Å². The molecule has 126 valence electrons. The summed E-state index contributed by atoms with van der Waals surface area (Å²) in [5.74, 6) is 2.00. The molecule has 1 heterocycles. The Morgan fingerprint density at radius 2 is 0.923 bits per heavy atom. The monoisotopic (exact) mass is 341 g/mol. The van der Waals surface area contributed by atoms with E-state index >= 15 is 0 Å². The Kier molecular flexibility index (Phi) is 4.52. The molecule has 0 unspecified atom stereocenters. The SMILES string of the molecule is c1ccc(Oc2nnnc(Oc3ccccc3)c2-c2ccccc2)cc1. The van der Waals surface area contributed by atoms with Gasteiger partial charge in [-0.1, -0.05) is 76.9 Å². The Labute approximate surface area is 150 Å². The highest BCUT2D eigenvalue weighted by Crippen LogP contribution is 2.38. The van der Waals surface area contributed by atoms with Crippen molar-refractivity contribution in [2.75, 3.05) is 0 Å². The van der Waals surface area contributed by atoms with E-state index in [9.17, 15) is 0 Å². The number of ether oxygens (including phenoxy) is 2. The standard InChI is InChI=1S/C21H15N3O2/c1-4-10-16(11-5-1)19-20(25-17-12-6-2-7-13-17)22-24-23-21(19)26-18-14-8-3-9-15-18/h1-15H. The number of aromatic nitrogens is 3. The summed E-state index contributed by atoms with van der Waals surface area (Å²) in [5.41, 5.74) is 1.53. The summed E-state index contributed by atoms with van der Waals surface area (Å²) in [7, 11) is 0. The van der Waals surface area contributed by atoms with Crippen LogP contribution in [0.4, 0.5) is 0 Å². The molecule has 0 N–H and O–H groups in total. The van der Waals surface area contributed by atoms with Gasteiger partial charge < -0.3 is 9.47 Å². The third kappa shape index (κ3) is 3.52. The number of benzene rings is 3. The molecule has 3 aromatic carbocycles. The fourth-order valence-corrected chi connectivity index (χ4v) is 2.49. The minimum Gasteiger partial charge on any atom is -0.437 e. The molecular weight excluding hydrogens is 326 g/mol. The Morgan fingerprint density at radius 1 is 0.500 bits per heavy atom. The molecule has 0 saturated heterocycles. The predicted octanol–water partition coefficient (Wildman–Crippen LogP) is 5.12. The third-order valence-electron chi connectivity index (χ3n) is 3.68. The van der Waals surface area contributed by atoms with Gasteiger partial charge in [0.2, 0.25) is 0 Å². The summed E-state index contributed by atoms with van der Waals surface area (Å²) >= 11 is 0. The van der Waals surface area contributed by atoms with Gasteiger partial charge in [0.15, 0.2) is 0 Å². The fraction of sp³-hybridized carbons (Fsp3) is 0. The van der Waals surface area contributed by atoms with E-state index in [1.807, 2.05) is 91.0 Å². The van der Waals surface area contributed by atoms with Crippen LogP contribution in [-0.4, -0.2) is 15.4 Å². The van der Waals surface area contributed by atoms with Crippen LogP contribution in [0.3, 0.4) is 0 Å². The predicted molar refractivity (Wildman–Crippen MR) is 98.3 cm³/mol. The second kappa shape index (κ2) is 7.44. The van der Waals surface area contributed by atoms with Crippen molar-refractivity contribution in [2.24, 2.45) is 0 Å². The van der Waals surface area contributed by atoms with E-state index in [0.717, 1.165) is 5.56 Å². The Balaban J connectivity index is 1.79. The van der Waals surface area contributed by atoms with Gasteiger partial charge in [-0.3, -0.25) is 0 Å². The molecule has 1 aromatic heterocycles. The van der Waals surface area contributed by atoms with Gasteiger partial charge in [0.25, 0.3) is 11.8 Å². The smallest absolute Gasteiger partial charge is 0.254 e. The average molecular weight is 341 g/mol. The zero-order chi connectivity index (χ0) is 17.6. The van der Waals surface area contributed by atoms with E-state index in [1.165, 1.54) is 0 Å². The van der Waals surface area contributed by atoms with Gasteiger partial charge in [-0.05, 0) is 35.0 Å². The average Bonchev–Trinajstić information content (AvgIpc) is 2.70. The van der Waals surface area contributed by atoms with Gasteiger partial charge in [0, 0.05) is 0 Å². The molecule has 0 aliphatic heterocycles. The van der Waals surface area contributed by atoms with Gasteiger partial charge in [0.1, 0.15) is 17.1 Å². The van der Waals surface area contributed by atoms with Crippen molar-refractivity contribution >= 4 is 0 Å². The minimum absolute atomic E-state index is 0.336. The Morgan fingerprint density at radius 3 is 1.38 bits per heavy atom. The summed E-state index contributed by atoms with van der Waals surface area (Å²) in [5, 5.41) is 12.0. The van der Waals surface area contributed by atoms with Crippen LogP contribution in [0.15, 0.2) is 91.0 Å². The first-order valence-electron chi connectivity index (χ1n) is 8.15. The normalized spacial score (nSPS) is 10.3. The number of rotatable bonds is 5. The van der Waals surface area contributed by atoms with Gasteiger partial charge >= 0.3 is 0 Å². The van der Waals surface area contributed by atoms with Crippen LogP contribution in [0.5, 0.6) is 23.3 Å². The van der Waals surface area contributed by atoms with Crippen molar-refractivity contribution in [3.05, 3.63) is 91.0 Å². The molecular formula is C21H15N3O2. The first-order chi connectivity index (χ1) is 12.9. The van der Waals surface area contributed by atoms with Crippen LogP contribution in [-0.2, 0) is 0 Å². The van der Waals surface area contributed by atoms with Crippen LogP contribution >= 0.6 is 0 Å². The number of para-hydroxylation sites is 2. The van der Waals surface area contributed by atoms with E-state index in [0.29, 0.717) is 28.8 Å². The molecule has 0 aliphatic rings. The summed E-state index contributed by atoms with van der Waals surface area (Å²) in [6, 6.07) is 28.6. The summed E-state index contributed by atoms with van der Waals surface area (Å²) in [4.78, 5) is 0. The second-order valence-electron chi connectivity index (χ2n) is 5.47. The van der Waals surface area contributed by atoms with Crippen LogP contribution in [0.2, 0.25) is 0 Å². The second-order valence-corrected chi connectivity index (χ2v) is 5.47. The lowest BCUT2D eigenvalue weighted by Gasteiger charge is -2.13. The zero-order valence-electron chi connectivity index (χ0n) is 13.8. The Bertz CT molecular complexity index is 918. The highest BCUT2D eigenvalue weighted by atomic mass is 16.5. The number of hydrogen-bond donors (Lipinski definition) is 0. The quantitative estimate of drug-likeness (QED) is 0.504. The molecule has 0 fully saturated rings. The van der Waals surface area contributed by atoms with E-state index in [1.54, 1.807) is 0 Å². The van der Waals surface area contributed by atoms with Crippen molar-refractivity contribution < 1.29 is 9.47 Å². The van der Waals surface area contributed by atoms with Crippen LogP contribution in [0, 0.1) is 0 Å². The maximum Gasteiger partial charge on any atom is 0.254 e. The summed E-state index contributed by atoms with van der Waals surface area (Å²) in [6.45, 7) is 0. The van der Waals surface area contributed by atoms with Crippen LogP contribution < -0.4 is 9.47 Å². The van der Waals surface area contributed by atoms with Crippen molar-refractivity contribution in [2.45, 2.75) is 0 Å². The van der Waals surface area contributed by atoms with Gasteiger partial charge in [-0.25, -0.2) is 0 Å². The lowest BCUT2D eigenvalue weighted by molar-refractivity contribution is 0.420. The first kappa shape index (κ1) is 15.8. The number of hydrogen-bond acceptors (Lipinski definition) is 5. The van der Waals surface area contributed by atoms with Gasteiger partial charge in [0.05, 0.1) is 0 Å². The highest BCUT2D eigenvalue weighted by Gasteiger charge is 2.18. The molecule has 0 aliphatic carbocycles. The van der Waals surface area contributed by atoms with Crippen molar-refractivity contribution in [3.8, 4) is 34.4 Å². The molecule has 0 radical (unpaired) electrons. The maximum absolute atomic E-state index is 5.95. The third-order valence-corrected chi connectivity index (χ3v) is 3.68. The maximum atomic E-state index is 5.95. The molecule has 4 aromatic rings. The molecule has 4 rings (SSSR count).